The van der Waals surface area contributed by atoms with Crippen molar-refractivity contribution in [2.45, 2.75) is 51.0 Å². The highest BCUT2D eigenvalue weighted by molar-refractivity contribution is 5.02. The van der Waals surface area contributed by atoms with Gasteiger partial charge in [-0.05, 0) is 19.4 Å². The van der Waals surface area contributed by atoms with E-state index in [1.54, 1.807) is 0 Å². The van der Waals surface area contributed by atoms with Gasteiger partial charge in [0, 0.05) is 25.7 Å². The SMILES string of the molecule is FC(F)(F)c1nnc2n1CCN(CC1CCCCCN1)C2. The summed E-state index contributed by atoms with van der Waals surface area (Å²) in [4.78, 5) is 2.17. The molecule has 8 heteroatoms. The minimum Gasteiger partial charge on any atom is -0.313 e. The van der Waals surface area contributed by atoms with E-state index in [9.17, 15) is 13.2 Å². The standard InChI is InChI=1S/C13H20F3N5/c14-13(15,16)12-19-18-11-9-20(6-7-21(11)12)8-10-4-2-1-3-5-17-10/h10,17H,1-9H2. The topological polar surface area (TPSA) is 46.0 Å². The Labute approximate surface area is 121 Å². The predicted octanol–water partition coefficient (Wildman–Crippen LogP) is 1.64. The molecule has 0 radical (unpaired) electrons. The molecule has 5 nitrogen and oxygen atoms in total. The maximum absolute atomic E-state index is 12.8. The summed E-state index contributed by atoms with van der Waals surface area (Å²) < 4.78 is 39.5. The molecule has 0 aliphatic carbocycles. The van der Waals surface area contributed by atoms with Crippen LogP contribution in [-0.4, -0.2) is 45.3 Å². The van der Waals surface area contributed by atoms with Crippen LogP contribution in [0.3, 0.4) is 0 Å². The zero-order valence-corrected chi connectivity index (χ0v) is 11.9. The predicted molar refractivity (Wildman–Crippen MR) is 70.6 cm³/mol. The zero-order valence-electron chi connectivity index (χ0n) is 11.9. The van der Waals surface area contributed by atoms with Gasteiger partial charge in [0.05, 0.1) is 6.54 Å². The molecule has 118 valence electrons. The maximum atomic E-state index is 12.8. The van der Waals surface area contributed by atoms with Crippen LogP contribution >= 0.6 is 0 Å². The lowest BCUT2D eigenvalue weighted by atomic mass is 10.1. The summed E-state index contributed by atoms with van der Waals surface area (Å²) >= 11 is 0. The molecule has 1 atom stereocenters. The Morgan fingerprint density at radius 2 is 2.00 bits per heavy atom. The van der Waals surface area contributed by atoms with E-state index in [4.69, 9.17) is 0 Å². The van der Waals surface area contributed by atoms with Crippen LogP contribution in [0.4, 0.5) is 13.2 Å². The third-order valence-corrected chi connectivity index (χ3v) is 4.23. The first-order chi connectivity index (χ1) is 10.0. The van der Waals surface area contributed by atoms with Crippen molar-refractivity contribution in [3.63, 3.8) is 0 Å². The van der Waals surface area contributed by atoms with Gasteiger partial charge in [-0.25, -0.2) is 0 Å². The second-order valence-corrected chi connectivity index (χ2v) is 5.82. The molecule has 0 bridgehead atoms. The van der Waals surface area contributed by atoms with E-state index in [1.165, 1.54) is 23.8 Å². The van der Waals surface area contributed by atoms with Crippen molar-refractivity contribution in [1.82, 2.24) is 25.0 Å². The molecule has 0 amide bonds. The fraction of sp³-hybridized carbons (Fsp3) is 0.846. The molecule has 2 aliphatic rings. The van der Waals surface area contributed by atoms with Gasteiger partial charge in [-0.1, -0.05) is 12.8 Å². The first-order valence-corrected chi connectivity index (χ1v) is 7.49. The van der Waals surface area contributed by atoms with Gasteiger partial charge in [0.15, 0.2) is 0 Å². The van der Waals surface area contributed by atoms with Crippen molar-refractivity contribution in [3.8, 4) is 0 Å². The minimum absolute atomic E-state index is 0.309. The highest BCUT2D eigenvalue weighted by Crippen LogP contribution is 2.29. The van der Waals surface area contributed by atoms with Crippen molar-refractivity contribution in [2.75, 3.05) is 19.6 Å². The van der Waals surface area contributed by atoms with Crippen molar-refractivity contribution in [2.24, 2.45) is 0 Å². The van der Waals surface area contributed by atoms with Crippen LogP contribution in [0.1, 0.15) is 37.3 Å². The second kappa shape index (κ2) is 5.92. The normalized spacial score (nSPS) is 24.6. The van der Waals surface area contributed by atoms with Crippen LogP contribution in [0.25, 0.3) is 0 Å². The first-order valence-electron chi connectivity index (χ1n) is 7.49. The summed E-state index contributed by atoms with van der Waals surface area (Å²) in [6.45, 7) is 3.28. The van der Waals surface area contributed by atoms with Gasteiger partial charge in [-0.3, -0.25) is 4.90 Å². The molecule has 0 spiro atoms. The molecule has 1 aromatic heterocycles. The van der Waals surface area contributed by atoms with E-state index in [0.29, 0.717) is 31.5 Å². The van der Waals surface area contributed by atoms with Gasteiger partial charge in [0.1, 0.15) is 5.82 Å². The van der Waals surface area contributed by atoms with Crippen molar-refractivity contribution < 1.29 is 13.2 Å². The van der Waals surface area contributed by atoms with Gasteiger partial charge in [-0.15, -0.1) is 10.2 Å². The zero-order chi connectivity index (χ0) is 14.9. The van der Waals surface area contributed by atoms with Crippen molar-refractivity contribution in [3.05, 3.63) is 11.6 Å². The lowest BCUT2D eigenvalue weighted by Crippen LogP contribution is -2.44. The number of halogens is 3. The van der Waals surface area contributed by atoms with E-state index in [-0.39, 0.29) is 0 Å². The van der Waals surface area contributed by atoms with E-state index in [0.717, 1.165) is 19.5 Å². The molecule has 0 saturated carbocycles. The fourth-order valence-electron chi connectivity index (χ4n) is 3.14. The van der Waals surface area contributed by atoms with E-state index < -0.39 is 12.0 Å². The van der Waals surface area contributed by atoms with Gasteiger partial charge in [0.25, 0.3) is 0 Å². The van der Waals surface area contributed by atoms with Crippen LogP contribution in [0.15, 0.2) is 0 Å². The monoisotopic (exact) mass is 303 g/mol. The number of aromatic nitrogens is 3. The second-order valence-electron chi connectivity index (χ2n) is 5.82. The lowest BCUT2D eigenvalue weighted by molar-refractivity contribution is -0.148. The third-order valence-electron chi connectivity index (χ3n) is 4.23. The molecule has 1 saturated heterocycles. The highest BCUT2D eigenvalue weighted by atomic mass is 19.4. The summed E-state index contributed by atoms with van der Waals surface area (Å²) in [6, 6.07) is 0.434. The molecule has 3 rings (SSSR count). The third kappa shape index (κ3) is 3.37. The number of nitrogens with one attached hydrogen (secondary N) is 1. The first kappa shape index (κ1) is 14.8. The molecule has 1 unspecified atom stereocenters. The number of hydrogen-bond donors (Lipinski definition) is 1. The average molecular weight is 303 g/mol. The Kier molecular flexibility index (Phi) is 4.17. The Morgan fingerprint density at radius 1 is 1.14 bits per heavy atom. The number of fused-ring (bicyclic) bond motifs is 1. The molecule has 1 N–H and O–H groups in total. The fourth-order valence-corrected chi connectivity index (χ4v) is 3.14. The summed E-state index contributed by atoms with van der Waals surface area (Å²) in [5.41, 5.74) is 0. The number of alkyl halides is 3. The van der Waals surface area contributed by atoms with E-state index >= 15 is 0 Å². The minimum atomic E-state index is -4.42. The summed E-state index contributed by atoms with van der Waals surface area (Å²) in [5.74, 6) is -0.452. The lowest BCUT2D eigenvalue weighted by Gasteiger charge is -2.31. The molecular weight excluding hydrogens is 283 g/mol. The van der Waals surface area contributed by atoms with Crippen LogP contribution < -0.4 is 5.32 Å². The summed E-state index contributed by atoms with van der Waals surface area (Å²) in [5, 5.41) is 10.5. The summed E-state index contributed by atoms with van der Waals surface area (Å²) in [7, 11) is 0. The quantitative estimate of drug-likeness (QED) is 0.902. The van der Waals surface area contributed by atoms with Gasteiger partial charge in [-0.2, -0.15) is 13.2 Å². The molecule has 1 fully saturated rings. The number of nitrogens with zero attached hydrogens (tertiary/aromatic N) is 4. The number of rotatable bonds is 2. The van der Waals surface area contributed by atoms with Crippen LogP contribution in [0.2, 0.25) is 0 Å². The largest absolute Gasteiger partial charge is 0.451 e. The van der Waals surface area contributed by atoms with Gasteiger partial charge < -0.3 is 9.88 Å². The highest BCUT2D eigenvalue weighted by Gasteiger charge is 2.39. The Balaban J connectivity index is 1.63. The molecule has 0 aromatic carbocycles. The Bertz CT molecular complexity index is 477. The maximum Gasteiger partial charge on any atom is 0.451 e. The summed E-state index contributed by atoms with van der Waals surface area (Å²) in [6.07, 6.45) is 0.402. The average Bonchev–Trinajstić information content (AvgIpc) is 2.69. The Hall–Kier alpha value is -1.15. The van der Waals surface area contributed by atoms with E-state index in [1.807, 2.05) is 0 Å². The van der Waals surface area contributed by atoms with Crippen LogP contribution in [-0.2, 0) is 19.3 Å². The van der Waals surface area contributed by atoms with Crippen LogP contribution in [0.5, 0.6) is 0 Å². The Morgan fingerprint density at radius 3 is 2.81 bits per heavy atom. The smallest absolute Gasteiger partial charge is 0.313 e. The van der Waals surface area contributed by atoms with Crippen molar-refractivity contribution >= 4 is 0 Å². The molecular formula is C13H20F3N5. The van der Waals surface area contributed by atoms with E-state index in [2.05, 4.69) is 20.4 Å². The van der Waals surface area contributed by atoms with Crippen molar-refractivity contribution in [1.29, 1.82) is 0 Å². The van der Waals surface area contributed by atoms with Gasteiger partial charge in [0.2, 0.25) is 5.82 Å². The molecule has 2 aliphatic heterocycles. The van der Waals surface area contributed by atoms with Gasteiger partial charge >= 0.3 is 6.18 Å². The molecule has 1 aromatic rings. The molecule has 3 heterocycles. The van der Waals surface area contributed by atoms with Crippen LogP contribution in [0, 0.1) is 0 Å². The molecule has 21 heavy (non-hydrogen) atoms. The number of hydrogen-bond acceptors (Lipinski definition) is 4.